The van der Waals surface area contributed by atoms with Crippen molar-refractivity contribution < 1.29 is 17.3 Å². The molecule has 0 N–H and O–H groups in total. The van der Waals surface area contributed by atoms with Crippen LogP contribution in [-0.4, -0.2) is 47.9 Å². The van der Waals surface area contributed by atoms with Crippen molar-refractivity contribution in [3.8, 4) is 17.1 Å². The summed E-state index contributed by atoms with van der Waals surface area (Å²) in [6.45, 7) is 10.1. The predicted octanol–water partition coefficient (Wildman–Crippen LogP) is 4.17. The van der Waals surface area contributed by atoms with Gasteiger partial charge in [0, 0.05) is 11.9 Å². The second-order valence-electron chi connectivity index (χ2n) is 8.05. The topological polar surface area (TPSA) is 96.2 Å². The molecule has 168 valence electrons. The molecule has 0 fully saturated rings. The van der Waals surface area contributed by atoms with E-state index >= 15 is 0 Å². The van der Waals surface area contributed by atoms with Gasteiger partial charge in [-0.1, -0.05) is 20.8 Å². The maximum Gasteiger partial charge on any atom is 0.264 e. The van der Waals surface area contributed by atoms with Crippen LogP contribution in [0.5, 0.6) is 5.88 Å². The van der Waals surface area contributed by atoms with Crippen molar-refractivity contribution in [3.63, 3.8) is 0 Å². The zero-order valence-corrected chi connectivity index (χ0v) is 19.9. The molecule has 0 bridgehead atoms. The Labute approximate surface area is 183 Å². The van der Waals surface area contributed by atoms with E-state index in [2.05, 4.69) is 18.8 Å². The second-order valence-corrected chi connectivity index (χ2v) is 9.69. The van der Waals surface area contributed by atoms with Gasteiger partial charge in [0.1, 0.15) is 5.52 Å². The van der Waals surface area contributed by atoms with Crippen molar-refractivity contribution in [2.45, 2.75) is 53.0 Å². The fourth-order valence-electron chi connectivity index (χ4n) is 3.53. The summed E-state index contributed by atoms with van der Waals surface area (Å²) in [6.07, 6.45) is 3.70. The first-order chi connectivity index (χ1) is 14.6. The summed E-state index contributed by atoms with van der Waals surface area (Å²) in [5.74, 6) is 0.807. The Kier molecular flexibility index (Phi) is 6.66. The quantitative estimate of drug-likeness (QED) is 0.479. The average Bonchev–Trinajstić information content (AvgIpc) is 3.02. The molecular formula is C22H30N4O4S. The van der Waals surface area contributed by atoms with Gasteiger partial charge in [0.05, 0.1) is 43.0 Å². The molecule has 0 aliphatic carbocycles. The second kappa shape index (κ2) is 8.92. The SMILES string of the molecule is CCC(COS(C)(=O)=O)n1cc(C)c2nc(-c3ccc(C(C)C)nc3OC)c(C)nc21. The van der Waals surface area contributed by atoms with Crippen LogP contribution < -0.4 is 4.74 Å². The lowest BCUT2D eigenvalue weighted by Gasteiger charge is -2.18. The summed E-state index contributed by atoms with van der Waals surface area (Å²) in [6, 6.07) is 3.79. The summed E-state index contributed by atoms with van der Waals surface area (Å²) in [4.78, 5) is 14.4. The number of hydrogen-bond acceptors (Lipinski definition) is 7. The van der Waals surface area contributed by atoms with Crippen molar-refractivity contribution in [3.05, 3.63) is 35.3 Å². The van der Waals surface area contributed by atoms with Crippen molar-refractivity contribution in [1.29, 1.82) is 0 Å². The molecule has 0 spiro atoms. The Morgan fingerprint density at radius 3 is 2.42 bits per heavy atom. The molecular weight excluding hydrogens is 416 g/mol. The Hall–Kier alpha value is -2.52. The molecule has 0 aliphatic heterocycles. The van der Waals surface area contributed by atoms with E-state index in [-0.39, 0.29) is 18.6 Å². The molecule has 1 unspecified atom stereocenters. The number of aromatic nitrogens is 4. The van der Waals surface area contributed by atoms with Crippen molar-refractivity contribution >= 4 is 21.3 Å². The van der Waals surface area contributed by atoms with E-state index in [1.807, 2.05) is 43.7 Å². The minimum atomic E-state index is -3.52. The number of hydrogen-bond donors (Lipinski definition) is 0. The van der Waals surface area contributed by atoms with E-state index in [1.54, 1.807) is 7.11 Å². The Balaban J connectivity index is 2.11. The number of fused-ring (bicyclic) bond motifs is 1. The zero-order valence-electron chi connectivity index (χ0n) is 19.1. The summed E-state index contributed by atoms with van der Waals surface area (Å²) >= 11 is 0. The highest BCUT2D eigenvalue weighted by Gasteiger charge is 2.21. The van der Waals surface area contributed by atoms with Gasteiger partial charge in [-0.3, -0.25) is 4.18 Å². The molecule has 3 rings (SSSR count). The number of pyridine rings is 1. The number of methoxy groups -OCH3 is 1. The highest BCUT2D eigenvalue weighted by Crippen LogP contribution is 2.33. The fraction of sp³-hybridized carbons (Fsp3) is 0.500. The standard InChI is InChI=1S/C22H30N4O4S/c1-8-16(12-30-31(7,27)28)26-11-14(4)19-21(26)23-15(5)20(25-19)17-9-10-18(13(2)3)24-22(17)29-6/h9-11,13,16H,8,12H2,1-7H3. The van der Waals surface area contributed by atoms with Crippen LogP contribution in [0.3, 0.4) is 0 Å². The summed E-state index contributed by atoms with van der Waals surface area (Å²) in [7, 11) is -1.92. The monoisotopic (exact) mass is 446 g/mol. The smallest absolute Gasteiger partial charge is 0.264 e. The molecule has 0 aliphatic rings. The van der Waals surface area contributed by atoms with Gasteiger partial charge >= 0.3 is 0 Å². The molecule has 9 heteroatoms. The Morgan fingerprint density at radius 2 is 1.84 bits per heavy atom. The molecule has 0 saturated heterocycles. The van der Waals surface area contributed by atoms with Crippen LogP contribution in [0.2, 0.25) is 0 Å². The van der Waals surface area contributed by atoms with Crippen LogP contribution >= 0.6 is 0 Å². The van der Waals surface area contributed by atoms with Crippen LogP contribution in [0.4, 0.5) is 0 Å². The number of ether oxygens (including phenoxy) is 1. The molecule has 8 nitrogen and oxygen atoms in total. The first-order valence-electron chi connectivity index (χ1n) is 10.3. The molecule has 0 radical (unpaired) electrons. The number of nitrogens with zero attached hydrogens (tertiary/aromatic N) is 4. The Morgan fingerprint density at radius 1 is 1.13 bits per heavy atom. The summed E-state index contributed by atoms with van der Waals surface area (Å²) in [5, 5.41) is 0. The van der Waals surface area contributed by atoms with E-state index < -0.39 is 10.1 Å². The van der Waals surface area contributed by atoms with Gasteiger partial charge < -0.3 is 9.30 Å². The predicted molar refractivity (Wildman–Crippen MR) is 121 cm³/mol. The lowest BCUT2D eigenvalue weighted by atomic mass is 10.1. The van der Waals surface area contributed by atoms with E-state index in [0.29, 0.717) is 23.6 Å². The number of aryl methyl sites for hydroxylation is 2. The van der Waals surface area contributed by atoms with Crippen molar-refractivity contribution in [2.75, 3.05) is 20.0 Å². The third-order valence-electron chi connectivity index (χ3n) is 5.26. The maximum absolute atomic E-state index is 11.5. The molecule has 0 saturated carbocycles. The largest absolute Gasteiger partial charge is 0.480 e. The van der Waals surface area contributed by atoms with Crippen LogP contribution in [0.15, 0.2) is 18.3 Å². The van der Waals surface area contributed by atoms with E-state index in [0.717, 1.165) is 34.3 Å². The van der Waals surface area contributed by atoms with Gasteiger partial charge in [0.2, 0.25) is 5.88 Å². The van der Waals surface area contributed by atoms with Crippen LogP contribution in [0, 0.1) is 13.8 Å². The molecule has 3 aromatic rings. The van der Waals surface area contributed by atoms with Gasteiger partial charge in [-0.2, -0.15) is 8.42 Å². The normalized spacial score (nSPS) is 13.2. The van der Waals surface area contributed by atoms with E-state index in [9.17, 15) is 8.42 Å². The molecule has 3 aromatic heterocycles. The highest BCUT2D eigenvalue weighted by molar-refractivity contribution is 7.85. The molecule has 1 atom stereocenters. The van der Waals surface area contributed by atoms with Gasteiger partial charge in [-0.05, 0) is 43.9 Å². The third-order valence-corrected chi connectivity index (χ3v) is 5.83. The van der Waals surface area contributed by atoms with E-state index in [1.165, 1.54) is 0 Å². The van der Waals surface area contributed by atoms with Crippen LogP contribution in [0.1, 0.15) is 56.1 Å². The lowest BCUT2D eigenvalue weighted by Crippen LogP contribution is -2.17. The van der Waals surface area contributed by atoms with Gasteiger partial charge in [0.15, 0.2) is 5.65 Å². The third kappa shape index (κ3) is 4.88. The summed E-state index contributed by atoms with van der Waals surface area (Å²) < 4.78 is 35.5. The first kappa shape index (κ1) is 23.1. The zero-order chi connectivity index (χ0) is 22.9. The van der Waals surface area contributed by atoms with Crippen LogP contribution in [0.25, 0.3) is 22.4 Å². The van der Waals surface area contributed by atoms with Crippen LogP contribution in [-0.2, 0) is 14.3 Å². The molecule has 0 aromatic carbocycles. The summed E-state index contributed by atoms with van der Waals surface area (Å²) in [5.41, 5.74) is 5.61. The van der Waals surface area contributed by atoms with Crippen molar-refractivity contribution in [1.82, 2.24) is 19.5 Å². The lowest BCUT2D eigenvalue weighted by molar-refractivity contribution is 0.255. The van der Waals surface area contributed by atoms with Crippen molar-refractivity contribution in [2.24, 2.45) is 0 Å². The van der Waals surface area contributed by atoms with Gasteiger partial charge in [0.25, 0.3) is 10.1 Å². The molecule has 0 amide bonds. The minimum Gasteiger partial charge on any atom is -0.480 e. The first-order valence-corrected chi connectivity index (χ1v) is 12.1. The molecule has 31 heavy (non-hydrogen) atoms. The maximum atomic E-state index is 11.5. The minimum absolute atomic E-state index is 0.0510. The molecule has 3 heterocycles. The highest BCUT2D eigenvalue weighted by atomic mass is 32.2. The van der Waals surface area contributed by atoms with Gasteiger partial charge in [-0.15, -0.1) is 0 Å². The fourth-order valence-corrected chi connectivity index (χ4v) is 3.93. The van der Waals surface area contributed by atoms with E-state index in [4.69, 9.17) is 18.9 Å². The average molecular weight is 447 g/mol. The Bertz CT molecular complexity index is 1200. The van der Waals surface area contributed by atoms with Gasteiger partial charge in [-0.25, -0.2) is 15.0 Å². The number of rotatable bonds is 8.